The number of fused-ring (bicyclic) bond motifs is 1. The molecule has 3 rings (SSSR count). The van der Waals surface area contributed by atoms with E-state index in [4.69, 9.17) is 22.5 Å². The number of amidine groups is 1. The molecular formula is C15H20ClN3O. The third-order valence-electron chi connectivity index (χ3n) is 4.68. The lowest BCUT2D eigenvalue weighted by atomic mass is 9.85. The Morgan fingerprint density at radius 1 is 1.30 bits per heavy atom. The molecule has 0 spiro atoms. The van der Waals surface area contributed by atoms with Gasteiger partial charge in [0.2, 0.25) is 0 Å². The van der Waals surface area contributed by atoms with E-state index in [1.165, 1.54) is 32.1 Å². The highest BCUT2D eigenvalue weighted by molar-refractivity contribution is 6.34. The highest BCUT2D eigenvalue weighted by atomic mass is 35.5. The third kappa shape index (κ3) is 2.33. The molecule has 2 unspecified atom stereocenters. The topological polar surface area (TPSA) is 61.9 Å². The predicted molar refractivity (Wildman–Crippen MR) is 81.7 cm³/mol. The van der Waals surface area contributed by atoms with Gasteiger partial charge < -0.3 is 15.8 Å². The molecule has 1 aromatic carbocycles. The van der Waals surface area contributed by atoms with Gasteiger partial charge in [0.1, 0.15) is 0 Å². The van der Waals surface area contributed by atoms with Crippen LogP contribution in [-0.2, 0) is 0 Å². The molecule has 1 heterocycles. The minimum atomic E-state index is 0.0542. The zero-order chi connectivity index (χ0) is 14.1. The van der Waals surface area contributed by atoms with Crippen LogP contribution >= 0.6 is 11.6 Å². The number of anilines is 1. The van der Waals surface area contributed by atoms with Crippen molar-refractivity contribution in [2.75, 3.05) is 11.4 Å². The fourth-order valence-corrected chi connectivity index (χ4v) is 3.94. The number of nitrogens with zero attached hydrogens (tertiary/aromatic N) is 2. The lowest BCUT2D eigenvalue weighted by molar-refractivity contribution is 0.318. The van der Waals surface area contributed by atoms with Crippen molar-refractivity contribution in [2.24, 2.45) is 16.8 Å². The molecule has 5 heteroatoms. The molecule has 1 aromatic rings. The summed E-state index contributed by atoms with van der Waals surface area (Å²) in [4.78, 5) is 2.48. The van der Waals surface area contributed by atoms with Gasteiger partial charge in [-0.3, -0.25) is 0 Å². The molecule has 2 fully saturated rings. The maximum Gasteiger partial charge on any atom is 0.171 e. The van der Waals surface area contributed by atoms with Crippen LogP contribution in [0.3, 0.4) is 0 Å². The summed E-state index contributed by atoms with van der Waals surface area (Å²) < 4.78 is 0. The fourth-order valence-electron chi connectivity index (χ4n) is 3.67. The highest BCUT2D eigenvalue weighted by Crippen LogP contribution is 2.39. The molecule has 108 valence electrons. The van der Waals surface area contributed by atoms with Crippen molar-refractivity contribution in [3.05, 3.63) is 28.8 Å². The van der Waals surface area contributed by atoms with Crippen LogP contribution in [0.15, 0.2) is 23.4 Å². The number of benzene rings is 1. The van der Waals surface area contributed by atoms with E-state index in [9.17, 15) is 0 Å². The Bertz CT molecular complexity index is 532. The van der Waals surface area contributed by atoms with Crippen LogP contribution in [0, 0.1) is 5.92 Å². The van der Waals surface area contributed by atoms with E-state index in [0.717, 1.165) is 18.2 Å². The van der Waals surface area contributed by atoms with E-state index in [0.29, 0.717) is 16.6 Å². The minimum Gasteiger partial charge on any atom is -0.409 e. The molecule has 20 heavy (non-hydrogen) atoms. The van der Waals surface area contributed by atoms with Crippen molar-refractivity contribution in [3.63, 3.8) is 0 Å². The predicted octanol–water partition coefficient (Wildman–Crippen LogP) is 3.20. The van der Waals surface area contributed by atoms with E-state index in [2.05, 4.69) is 10.1 Å². The van der Waals surface area contributed by atoms with Gasteiger partial charge in [0.15, 0.2) is 5.84 Å². The molecule has 0 radical (unpaired) electrons. The summed E-state index contributed by atoms with van der Waals surface area (Å²) in [5.74, 6) is 0.893. The monoisotopic (exact) mass is 293 g/mol. The van der Waals surface area contributed by atoms with Crippen molar-refractivity contribution in [3.8, 4) is 0 Å². The molecule has 0 aromatic heterocycles. The smallest absolute Gasteiger partial charge is 0.171 e. The largest absolute Gasteiger partial charge is 0.409 e. The number of hydrogen-bond donors (Lipinski definition) is 2. The number of hydrogen-bond acceptors (Lipinski definition) is 3. The summed E-state index contributed by atoms with van der Waals surface area (Å²) in [5, 5.41) is 12.3. The van der Waals surface area contributed by atoms with Crippen LogP contribution in [0.2, 0.25) is 5.02 Å². The van der Waals surface area contributed by atoms with E-state index in [1.54, 1.807) is 0 Å². The van der Waals surface area contributed by atoms with E-state index >= 15 is 0 Å². The average molecular weight is 294 g/mol. The van der Waals surface area contributed by atoms with Crippen molar-refractivity contribution >= 4 is 23.1 Å². The summed E-state index contributed by atoms with van der Waals surface area (Å²) in [6, 6.07) is 6.46. The quantitative estimate of drug-likeness (QED) is 0.381. The Balaban J connectivity index is 1.86. The first-order chi connectivity index (χ1) is 9.70. The molecular weight excluding hydrogens is 274 g/mol. The zero-order valence-corrected chi connectivity index (χ0v) is 12.2. The molecule has 1 aliphatic carbocycles. The van der Waals surface area contributed by atoms with Crippen LogP contribution in [-0.4, -0.2) is 23.6 Å². The maximum atomic E-state index is 8.74. The summed E-state index contributed by atoms with van der Waals surface area (Å²) in [6.45, 7) is 1.11. The Kier molecular flexibility index (Phi) is 3.74. The molecule has 2 aliphatic rings. The Morgan fingerprint density at radius 2 is 2.10 bits per heavy atom. The SMILES string of the molecule is N/C(=N/O)c1ccc(N2CCC3CCCCC32)cc1Cl. The van der Waals surface area contributed by atoms with Gasteiger partial charge in [-0.15, -0.1) is 0 Å². The first-order valence-electron chi connectivity index (χ1n) is 7.25. The van der Waals surface area contributed by atoms with Crippen LogP contribution in [0.5, 0.6) is 0 Å². The van der Waals surface area contributed by atoms with Gasteiger partial charge in [-0.1, -0.05) is 29.6 Å². The van der Waals surface area contributed by atoms with Crippen LogP contribution < -0.4 is 10.6 Å². The maximum absolute atomic E-state index is 8.74. The van der Waals surface area contributed by atoms with Gasteiger partial charge in [-0.25, -0.2) is 0 Å². The van der Waals surface area contributed by atoms with Crippen molar-refractivity contribution in [2.45, 2.75) is 38.1 Å². The second kappa shape index (κ2) is 5.52. The summed E-state index contributed by atoms with van der Waals surface area (Å²) >= 11 is 6.26. The van der Waals surface area contributed by atoms with Gasteiger partial charge in [-0.2, -0.15) is 0 Å². The van der Waals surface area contributed by atoms with Gasteiger partial charge >= 0.3 is 0 Å². The summed E-state index contributed by atoms with van der Waals surface area (Å²) in [5.41, 5.74) is 7.34. The van der Waals surface area contributed by atoms with Gasteiger partial charge in [-0.05, 0) is 43.4 Å². The van der Waals surface area contributed by atoms with Gasteiger partial charge in [0, 0.05) is 23.8 Å². The highest BCUT2D eigenvalue weighted by Gasteiger charge is 2.35. The van der Waals surface area contributed by atoms with E-state index < -0.39 is 0 Å². The van der Waals surface area contributed by atoms with Crippen LogP contribution in [0.4, 0.5) is 5.69 Å². The van der Waals surface area contributed by atoms with Crippen molar-refractivity contribution in [1.82, 2.24) is 0 Å². The summed E-state index contributed by atoms with van der Waals surface area (Å²) in [7, 11) is 0. The molecule has 0 amide bonds. The van der Waals surface area contributed by atoms with E-state index in [-0.39, 0.29) is 5.84 Å². The van der Waals surface area contributed by atoms with E-state index in [1.807, 2.05) is 18.2 Å². The molecule has 1 aliphatic heterocycles. The number of halogens is 1. The molecule has 0 bridgehead atoms. The molecule has 3 N–H and O–H groups in total. The standard InChI is InChI=1S/C15H20ClN3O/c16-13-9-11(5-6-12(13)15(17)18-20)19-8-7-10-3-1-2-4-14(10)19/h5-6,9-10,14,20H,1-4,7-8H2,(H2,17,18). The van der Waals surface area contributed by atoms with Gasteiger partial charge in [0.25, 0.3) is 0 Å². The Labute approximate surface area is 124 Å². The first-order valence-corrected chi connectivity index (χ1v) is 7.62. The second-order valence-electron chi connectivity index (χ2n) is 5.74. The van der Waals surface area contributed by atoms with Crippen LogP contribution in [0.25, 0.3) is 0 Å². The third-order valence-corrected chi connectivity index (χ3v) is 4.99. The van der Waals surface area contributed by atoms with Crippen molar-refractivity contribution in [1.29, 1.82) is 0 Å². The lowest BCUT2D eigenvalue weighted by Gasteiger charge is -2.33. The summed E-state index contributed by atoms with van der Waals surface area (Å²) in [6.07, 6.45) is 6.62. The molecule has 1 saturated carbocycles. The van der Waals surface area contributed by atoms with Crippen LogP contribution in [0.1, 0.15) is 37.7 Å². The minimum absolute atomic E-state index is 0.0542. The van der Waals surface area contributed by atoms with Gasteiger partial charge in [0.05, 0.1) is 5.02 Å². The zero-order valence-electron chi connectivity index (χ0n) is 11.4. The Morgan fingerprint density at radius 3 is 2.85 bits per heavy atom. The molecule has 4 nitrogen and oxygen atoms in total. The number of oxime groups is 1. The normalized spacial score (nSPS) is 26.6. The number of nitrogens with two attached hydrogens (primary N) is 1. The lowest BCUT2D eigenvalue weighted by Crippen LogP contribution is -2.34. The second-order valence-corrected chi connectivity index (χ2v) is 6.15. The Hall–Kier alpha value is -1.42. The molecule has 2 atom stereocenters. The number of rotatable bonds is 2. The average Bonchev–Trinajstić information content (AvgIpc) is 2.90. The van der Waals surface area contributed by atoms with Crippen molar-refractivity contribution < 1.29 is 5.21 Å². The fraction of sp³-hybridized carbons (Fsp3) is 0.533. The first kappa shape index (κ1) is 13.6. The molecule has 1 saturated heterocycles.